The molecule has 4 nitrogen and oxygen atoms in total. The van der Waals surface area contributed by atoms with Crippen LogP contribution in [0, 0.1) is 5.95 Å². The van der Waals surface area contributed by atoms with Crippen LogP contribution in [-0.2, 0) is 0 Å². The Labute approximate surface area is 87.4 Å². The topological polar surface area (TPSA) is 53.4 Å². The molecule has 1 N–H and O–H groups in total. The third-order valence-electron chi connectivity index (χ3n) is 2.03. The Bertz CT molecular complexity index is 344. The SMILES string of the molecule is CCN(CCO)C(=O)c1cccnc1F. The number of amides is 1. The van der Waals surface area contributed by atoms with E-state index in [0.29, 0.717) is 6.54 Å². The summed E-state index contributed by atoms with van der Waals surface area (Å²) in [6.07, 6.45) is 1.29. The number of aromatic nitrogens is 1. The molecular weight excluding hydrogens is 199 g/mol. The van der Waals surface area contributed by atoms with Crippen molar-refractivity contribution in [1.29, 1.82) is 0 Å². The van der Waals surface area contributed by atoms with Crippen LogP contribution >= 0.6 is 0 Å². The zero-order valence-corrected chi connectivity index (χ0v) is 8.48. The molecule has 0 aliphatic carbocycles. The van der Waals surface area contributed by atoms with Crippen molar-refractivity contribution in [2.45, 2.75) is 6.92 Å². The number of rotatable bonds is 4. The second-order valence-corrected chi connectivity index (χ2v) is 2.95. The van der Waals surface area contributed by atoms with Gasteiger partial charge in [-0.05, 0) is 19.1 Å². The van der Waals surface area contributed by atoms with E-state index in [1.807, 2.05) is 0 Å². The summed E-state index contributed by atoms with van der Waals surface area (Å²) < 4.78 is 13.2. The predicted octanol–water partition coefficient (Wildman–Crippen LogP) is 0.675. The predicted molar refractivity (Wildman–Crippen MR) is 52.9 cm³/mol. The molecule has 0 unspecified atom stereocenters. The third-order valence-corrected chi connectivity index (χ3v) is 2.03. The zero-order chi connectivity index (χ0) is 11.3. The van der Waals surface area contributed by atoms with E-state index in [1.54, 1.807) is 6.92 Å². The minimum Gasteiger partial charge on any atom is -0.395 e. The first-order valence-electron chi connectivity index (χ1n) is 4.71. The van der Waals surface area contributed by atoms with Crippen LogP contribution in [0.15, 0.2) is 18.3 Å². The lowest BCUT2D eigenvalue weighted by molar-refractivity contribution is 0.0726. The molecule has 1 amide bonds. The maximum absolute atomic E-state index is 13.2. The Morgan fingerprint density at radius 2 is 2.40 bits per heavy atom. The molecule has 1 rings (SSSR count). The van der Waals surface area contributed by atoms with Gasteiger partial charge in [0.1, 0.15) is 0 Å². The Morgan fingerprint density at radius 1 is 1.67 bits per heavy atom. The van der Waals surface area contributed by atoms with E-state index >= 15 is 0 Å². The van der Waals surface area contributed by atoms with Gasteiger partial charge in [0, 0.05) is 19.3 Å². The van der Waals surface area contributed by atoms with Gasteiger partial charge in [0.25, 0.3) is 5.91 Å². The molecule has 1 aromatic heterocycles. The van der Waals surface area contributed by atoms with E-state index in [4.69, 9.17) is 5.11 Å². The number of nitrogens with zero attached hydrogens (tertiary/aromatic N) is 2. The lowest BCUT2D eigenvalue weighted by atomic mass is 10.2. The maximum Gasteiger partial charge on any atom is 0.258 e. The molecule has 5 heteroatoms. The minimum atomic E-state index is -0.779. The van der Waals surface area contributed by atoms with Gasteiger partial charge in [0.2, 0.25) is 5.95 Å². The lowest BCUT2D eigenvalue weighted by Crippen LogP contribution is -2.34. The third kappa shape index (κ3) is 2.73. The van der Waals surface area contributed by atoms with Crippen LogP contribution in [0.2, 0.25) is 0 Å². The molecule has 0 saturated heterocycles. The van der Waals surface area contributed by atoms with E-state index in [9.17, 15) is 9.18 Å². The molecule has 0 aromatic carbocycles. The normalized spacial score (nSPS) is 10.1. The fourth-order valence-electron chi connectivity index (χ4n) is 1.24. The van der Waals surface area contributed by atoms with Crippen LogP contribution in [0.3, 0.4) is 0 Å². The van der Waals surface area contributed by atoms with Gasteiger partial charge in [-0.25, -0.2) is 4.98 Å². The van der Waals surface area contributed by atoms with Crippen molar-refractivity contribution in [3.8, 4) is 0 Å². The zero-order valence-electron chi connectivity index (χ0n) is 8.48. The molecule has 1 aromatic rings. The van der Waals surface area contributed by atoms with Gasteiger partial charge in [0.15, 0.2) is 0 Å². The van der Waals surface area contributed by atoms with Crippen LogP contribution in [-0.4, -0.2) is 40.6 Å². The number of carbonyl (C=O) groups excluding carboxylic acids is 1. The Hall–Kier alpha value is -1.49. The Kier molecular flexibility index (Phi) is 4.17. The number of hydrogen-bond acceptors (Lipinski definition) is 3. The average Bonchev–Trinajstić information content (AvgIpc) is 2.25. The first-order chi connectivity index (χ1) is 7.20. The summed E-state index contributed by atoms with van der Waals surface area (Å²) in [6, 6.07) is 2.88. The van der Waals surface area contributed by atoms with Crippen molar-refractivity contribution in [2.75, 3.05) is 19.7 Å². The van der Waals surface area contributed by atoms with Crippen molar-refractivity contribution in [3.63, 3.8) is 0 Å². The molecule has 0 spiro atoms. The van der Waals surface area contributed by atoms with Crippen molar-refractivity contribution >= 4 is 5.91 Å². The highest BCUT2D eigenvalue weighted by Crippen LogP contribution is 2.07. The molecule has 0 aliphatic heterocycles. The van der Waals surface area contributed by atoms with E-state index in [1.165, 1.54) is 23.2 Å². The van der Waals surface area contributed by atoms with Gasteiger partial charge in [-0.15, -0.1) is 0 Å². The number of aliphatic hydroxyl groups excluding tert-OH is 1. The summed E-state index contributed by atoms with van der Waals surface area (Å²) >= 11 is 0. The van der Waals surface area contributed by atoms with Gasteiger partial charge in [-0.3, -0.25) is 4.79 Å². The number of hydrogen-bond donors (Lipinski definition) is 1. The van der Waals surface area contributed by atoms with E-state index in [2.05, 4.69) is 4.98 Å². The fourth-order valence-corrected chi connectivity index (χ4v) is 1.24. The minimum absolute atomic E-state index is 0.0622. The molecule has 0 fully saturated rings. The standard InChI is InChI=1S/C10H13FN2O2/c1-2-13(6-7-14)10(15)8-4-3-5-12-9(8)11/h3-5,14H,2,6-7H2,1H3. The largest absolute Gasteiger partial charge is 0.395 e. The molecule has 0 saturated carbocycles. The van der Waals surface area contributed by atoms with Crippen LogP contribution in [0.5, 0.6) is 0 Å². The quantitative estimate of drug-likeness (QED) is 0.746. The smallest absolute Gasteiger partial charge is 0.258 e. The highest BCUT2D eigenvalue weighted by Gasteiger charge is 2.17. The number of pyridine rings is 1. The monoisotopic (exact) mass is 212 g/mol. The number of halogens is 1. The van der Waals surface area contributed by atoms with Crippen LogP contribution in [0.25, 0.3) is 0 Å². The summed E-state index contributed by atoms with van der Waals surface area (Å²) in [7, 11) is 0. The summed E-state index contributed by atoms with van der Waals surface area (Å²) in [6.45, 7) is 2.25. The second kappa shape index (κ2) is 5.41. The fraction of sp³-hybridized carbons (Fsp3) is 0.400. The molecular formula is C10H13FN2O2. The number of carbonyl (C=O) groups is 1. The van der Waals surface area contributed by atoms with Gasteiger partial charge in [-0.1, -0.05) is 0 Å². The highest BCUT2D eigenvalue weighted by molar-refractivity contribution is 5.94. The van der Waals surface area contributed by atoms with Gasteiger partial charge >= 0.3 is 0 Å². The average molecular weight is 212 g/mol. The first kappa shape index (κ1) is 11.6. The Morgan fingerprint density at radius 3 is 2.93 bits per heavy atom. The van der Waals surface area contributed by atoms with E-state index in [-0.39, 0.29) is 18.7 Å². The summed E-state index contributed by atoms with van der Waals surface area (Å²) in [4.78, 5) is 16.5. The first-order valence-corrected chi connectivity index (χ1v) is 4.71. The molecule has 1 heterocycles. The molecule has 0 aliphatic rings. The Balaban J connectivity index is 2.88. The summed E-state index contributed by atoms with van der Waals surface area (Å²) in [5, 5.41) is 8.73. The van der Waals surface area contributed by atoms with Crippen molar-refractivity contribution < 1.29 is 14.3 Å². The molecule has 0 bridgehead atoms. The van der Waals surface area contributed by atoms with Gasteiger partial charge in [0.05, 0.1) is 12.2 Å². The van der Waals surface area contributed by atoms with Crippen LogP contribution in [0.4, 0.5) is 4.39 Å². The van der Waals surface area contributed by atoms with E-state index < -0.39 is 11.9 Å². The van der Waals surface area contributed by atoms with Gasteiger partial charge in [-0.2, -0.15) is 4.39 Å². The van der Waals surface area contributed by atoms with Crippen LogP contribution in [0.1, 0.15) is 17.3 Å². The second-order valence-electron chi connectivity index (χ2n) is 2.95. The lowest BCUT2D eigenvalue weighted by Gasteiger charge is -2.19. The molecule has 0 atom stereocenters. The van der Waals surface area contributed by atoms with E-state index in [0.717, 1.165) is 0 Å². The summed E-state index contributed by atoms with van der Waals surface area (Å²) in [5.74, 6) is -1.23. The highest BCUT2D eigenvalue weighted by atomic mass is 19.1. The van der Waals surface area contributed by atoms with Crippen molar-refractivity contribution in [2.24, 2.45) is 0 Å². The number of likely N-dealkylation sites (N-methyl/N-ethyl adjacent to an activating group) is 1. The molecule has 82 valence electrons. The summed E-state index contributed by atoms with van der Waals surface area (Å²) in [5.41, 5.74) is -0.0622. The van der Waals surface area contributed by atoms with Gasteiger partial charge < -0.3 is 10.0 Å². The van der Waals surface area contributed by atoms with Crippen molar-refractivity contribution in [1.82, 2.24) is 9.88 Å². The maximum atomic E-state index is 13.2. The van der Waals surface area contributed by atoms with Crippen LogP contribution < -0.4 is 0 Å². The van der Waals surface area contributed by atoms with Crippen molar-refractivity contribution in [3.05, 3.63) is 29.8 Å². The molecule has 15 heavy (non-hydrogen) atoms. The molecule has 0 radical (unpaired) electrons. The number of aliphatic hydroxyl groups is 1.